The Morgan fingerprint density at radius 1 is 1.14 bits per heavy atom. The van der Waals surface area contributed by atoms with Crippen LogP contribution in [0.3, 0.4) is 0 Å². The second-order valence-electron chi connectivity index (χ2n) is 6.51. The highest BCUT2D eigenvalue weighted by molar-refractivity contribution is 7.92. The topological polar surface area (TPSA) is 103 Å². The summed E-state index contributed by atoms with van der Waals surface area (Å²) in [5.74, 6) is 0.337. The van der Waals surface area contributed by atoms with Crippen molar-refractivity contribution < 1.29 is 27.4 Å². The number of nitrogens with one attached hydrogen (secondary N) is 2. The van der Waals surface area contributed by atoms with Crippen LogP contribution in [0.15, 0.2) is 47.4 Å². The van der Waals surface area contributed by atoms with Crippen molar-refractivity contribution in [3.05, 3.63) is 48.0 Å². The van der Waals surface area contributed by atoms with Crippen molar-refractivity contribution >= 4 is 21.6 Å². The number of benzene rings is 2. The van der Waals surface area contributed by atoms with Crippen LogP contribution in [-0.4, -0.2) is 47.8 Å². The summed E-state index contributed by atoms with van der Waals surface area (Å²) < 4.78 is 44.0. The Hall–Kier alpha value is -2.78. The average molecular weight is 420 g/mol. The first-order chi connectivity index (χ1) is 13.9. The van der Waals surface area contributed by atoms with Gasteiger partial charge in [-0.1, -0.05) is 12.1 Å². The molecule has 0 spiro atoms. The largest absolute Gasteiger partial charge is 0.493 e. The van der Waals surface area contributed by atoms with Gasteiger partial charge in [0.05, 0.1) is 36.5 Å². The molecule has 0 aromatic heterocycles. The molecule has 2 N–H and O–H groups in total. The van der Waals surface area contributed by atoms with E-state index in [9.17, 15) is 13.2 Å². The minimum atomic E-state index is -3.95. The van der Waals surface area contributed by atoms with Gasteiger partial charge in [0.15, 0.2) is 11.5 Å². The third kappa shape index (κ3) is 4.99. The van der Waals surface area contributed by atoms with E-state index in [0.29, 0.717) is 18.9 Å². The number of hydrogen-bond donors (Lipinski definition) is 2. The van der Waals surface area contributed by atoms with Crippen LogP contribution >= 0.6 is 0 Å². The molecule has 0 saturated carbocycles. The van der Waals surface area contributed by atoms with Gasteiger partial charge in [-0.2, -0.15) is 0 Å². The zero-order valence-corrected chi connectivity index (χ0v) is 17.1. The number of rotatable bonds is 8. The van der Waals surface area contributed by atoms with Crippen molar-refractivity contribution in [2.24, 2.45) is 0 Å². The highest BCUT2D eigenvalue weighted by Gasteiger charge is 2.21. The molecule has 1 saturated heterocycles. The number of amides is 1. The molecule has 1 fully saturated rings. The number of carbonyl (C=O) groups excluding carboxylic acids is 1. The Morgan fingerprint density at radius 2 is 1.90 bits per heavy atom. The highest BCUT2D eigenvalue weighted by atomic mass is 32.2. The summed E-state index contributed by atoms with van der Waals surface area (Å²) in [5.41, 5.74) is 0.418. The van der Waals surface area contributed by atoms with Crippen molar-refractivity contribution in [1.29, 1.82) is 0 Å². The number of anilines is 1. The van der Waals surface area contributed by atoms with E-state index in [-0.39, 0.29) is 33.9 Å². The number of methoxy groups -OCH3 is 2. The SMILES string of the molecule is COc1ccc(S(=O)(=O)Nc2ccccc2C(=O)NCC2CCCO2)cc1OC. The average Bonchev–Trinajstić information content (AvgIpc) is 3.25. The van der Waals surface area contributed by atoms with Crippen molar-refractivity contribution in [2.75, 3.05) is 32.1 Å². The van der Waals surface area contributed by atoms with Gasteiger partial charge in [0.1, 0.15) is 0 Å². The zero-order chi connectivity index (χ0) is 20.9. The smallest absolute Gasteiger partial charge is 0.262 e. The molecule has 9 heteroatoms. The Labute approximate surface area is 170 Å². The normalized spacial score (nSPS) is 16.3. The Balaban J connectivity index is 1.79. The van der Waals surface area contributed by atoms with E-state index in [1.54, 1.807) is 24.3 Å². The molecule has 29 heavy (non-hydrogen) atoms. The first kappa shape index (κ1) is 20.9. The molecule has 0 aliphatic carbocycles. The molecule has 1 amide bonds. The van der Waals surface area contributed by atoms with Gasteiger partial charge in [-0.25, -0.2) is 8.42 Å². The highest BCUT2D eigenvalue weighted by Crippen LogP contribution is 2.30. The van der Waals surface area contributed by atoms with Crippen molar-refractivity contribution in [2.45, 2.75) is 23.8 Å². The van der Waals surface area contributed by atoms with Gasteiger partial charge in [-0.3, -0.25) is 9.52 Å². The predicted octanol–water partition coefficient (Wildman–Crippen LogP) is 2.41. The van der Waals surface area contributed by atoms with Crippen LogP contribution in [0.4, 0.5) is 5.69 Å². The van der Waals surface area contributed by atoms with Crippen molar-refractivity contribution in [1.82, 2.24) is 5.32 Å². The fraction of sp³-hybridized carbons (Fsp3) is 0.350. The van der Waals surface area contributed by atoms with E-state index < -0.39 is 10.0 Å². The Bertz CT molecular complexity index is 971. The van der Waals surface area contributed by atoms with Gasteiger partial charge in [0.25, 0.3) is 15.9 Å². The van der Waals surface area contributed by atoms with Crippen LogP contribution < -0.4 is 19.5 Å². The second kappa shape index (κ2) is 9.15. The lowest BCUT2D eigenvalue weighted by atomic mass is 10.1. The predicted molar refractivity (Wildman–Crippen MR) is 108 cm³/mol. The summed E-state index contributed by atoms with van der Waals surface area (Å²) in [7, 11) is -1.05. The zero-order valence-electron chi connectivity index (χ0n) is 16.3. The molecule has 1 heterocycles. The van der Waals surface area contributed by atoms with Crippen LogP contribution in [0.5, 0.6) is 11.5 Å². The van der Waals surface area contributed by atoms with Gasteiger partial charge in [0, 0.05) is 19.2 Å². The van der Waals surface area contributed by atoms with Crippen molar-refractivity contribution in [3.8, 4) is 11.5 Å². The molecule has 1 aliphatic heterocycles. The quantitative estimate of drug-likeness (QED) is 0.680. The maximum atomic E-state index is 12.9. The van der Waals surface area contributed by atoms with Crippen LogP contribution in [-0.2, 0) is 14.8 Å². The van der Waals surface area contributed by atoms with Crippen LogP contribution in [0.2, 0.25) is 0 Å². The fourth-order valence-electron chi connectivity index (χ4n) is 3.06. The van der Waals surface area contributed by atoms with Crippen LogP contribution in [0.25, 0.3) is 0 Å². The number of sulfonamides is 1. The summed E-state index contributed by atoms with van der Waals surface area (Å²) in [4.78, 5) is 12.6. The van der Waals surface area contributed by atoms with E-state index in [1.807, 2.05) is 0 Å². The maximum Gasteiger partial charge on any atom is 0.262 e. The number of carbonyl (C=O) groups is 1. The first-order valence-electron chi connectivity index (χ1n) is 9.18. The molecule has 1 unspecified atom stereocenters. The standard InChI is InChI=1S/C20H24N2O6S/c1-26-18-10-9-15(12-19(18)27-2)29(24,25)22-17-8-4-3-7-16(17)20(23)21-13-14-6-5-11-28-14/h3-4,7-10,12,14,22H,5-6,11,13H2,1-2H3,(H,21,23). The third-order valence-electron chi connectivity index (χ3n) is 4.60. The molecule has 1 aliphatic rings. The lowest BCUT2D eigenvalue weighted by molar-refractivity contribution is 0.0858. The molecule has 3 rings (SSSR count). The van der Waals surface area contributed by atoms with E-state index in [0.717, 1.165) is 12.8 Å². The lowest BCUT2D eigenvalue weighted by Crippen LogP contribution is -2.32. The van der Waals surface area contributed by atoms with E-state index in [2.05, 4.69) is 10.0 Å². The Morgan fingerprint density at radius 3 is 2.59 bits per heavy atom. The summed E-state index contributed by atoms with van der Waals surface area (Å²) in [6, 6.07) is 10.7. The minimum absolute atomic E-state index is 0.00503. The molecular weight excluding hydrogens is 396 g/mol. The Kier molecular flexibility index (Phi) is 6.60. The monoisotopic (exact) mass is 420 g/mol. The minimum Gasteiger partial charge on any atom is -0.493 e. The van der Waals surface area contributed by atoms with Crippen molar-refractivity contribution in [3.63, 3.8) is 0 Å². The molecular formula is C20H24N2O6S. The maximum absolute atomic E-state index is 12.9. The molecule has 0 bridgehead atoms. The van der Waals surface area contributed by atoms with Gasteiger partial charge in [0.2, 0.25) is 0 Å². The number of para-hydroxylation sites is 1. The van der Waals surface area contributed by atoms with E-state index in [4.69, 9.17) is 14.2 Å². The molecule has 0 radical (unpaired) electrons. The summed E-state index contributed by atoms with van der Waals surface area (Å²) in [6.45, 7) is 1.08. The molecule has 2 aromatic rings. The van der Waals surface area contributed by atoms with E-state index >= 15 is 0 Å². The van der Waals surface area contributed by atoms with Crippen LogP contribution in [0.1, 0.15) is 23.2 Å². The second-order valence-corrected chi connectivity index (χ2v) is 8.20. The lowest BCUT2D eigenvalue weighted by Gasteiger charge is -2.15. The molecule has 8 nitrogen and oxygen atoms in total. The molecule has 2 aromatic carbocycles. The third-order valence-corrected chi connectivity index (χ3v) is 5.96. The van der Waals surface area contributed by atoms with Gasteiger partial charge in [-0.15, -0.1) is 0 Å². The summed E-state index contributed by atoms with van der Waals surface area (Å²) in [5, 5.41) is 2.80. The fourth-order valence-corrected chi connectivity index (χ4v) is 4.16. The van der Waals surface area contributed by atoms with Gasteiger partial charge < -0.3 is 19.5 Å². The van der Waals surface area contributed by atoms with Gasteiger partial charge in [-0.05, 0) is 37.1 Å². The number of hydrogen-bond acceptors (Lipinski definition) is 6. The van der Waals surface area contributed by atoms with Crippen LogP contribution in [0, 0.1) is 0 Å². The molecule has 1 atom stereocenters. The van der Waals surface area contributed by atoms with Gasteiger partial charge >= 0.3 is 0 Å². The molecule has 156 valence electrons. The van der Waals surface area contributed by atoms with E-state index in [1.165, 1.54) is 32.4 Å². The summed E-state index contributed by atoms with van der Waals surface area (Å²) in [6.07, 6.45) is 1.87. The first-order valence-corrected chi connectivity index (χ1v) is 10.7. The summed E-state index contributed by atoms with van der Waals surface area (Å²) >= 11 is 0. The number of ether oxygens (including phenoxy) is 3.